The van der Waals surface area contributed by atoms with Gasteiger partial charge in [0.25, 0.3) is 0 Å². The molecule has 6 heteroatoms. The van der Waals surface area contributed by atoms with Gasteiger partial charge in [-0.2, -0.15) is 5.01 Å². The summed E-state index contributed by atoms with van der Waals surface area (Å²) < 4.78 is 11.1. The third-order valence-electron chi connectivity index (χ3n) is 3.86. The van der Waals surface area contributed by atoms with Crippen molar-refractivity contribution in [1.82, 2.24) is 5.01 Å². The van der Waals surface area contributed by atoms with Crippen molar-refractivity contribution in [2.75, 3.05) is 0 Å². The van der Waals surface area contributed by atoms with E-state index in [4.69, 9.17) is 9.47 Å². The number of hydrogen-bond donors (Lipinski definition) is 0. The van der Waals surface area contributed by atoms with Gasteiger partial charge in [-0.1, -0.05) is 18.2 Å². The molecule has 2 aromatic carbocycles. The molecule has 6 nitrogen and oxygen atoms in total. The molecule has 1 atom stereocenters. The Labute approximate surface area is 145 Å². The minimum absolute atomic E-state index is 0.238. The second-order valence-electron chi connectivity index (χ2n) is 5.80. The van der Waals surface area contributed by atoms with Crippen molar-refractivity contribution in [2.24, 2.45) is 5.10 Å². The van der Waals surface area contributed by atoms with Crippen LogP contribution in [0, 0.1) is 0 Å². The highest BCUT2D eigenvalue weighted by Crippen LogP contribution is 2.37. The molecule has 2 aromatic rings. The Bertz CT molecular complexity index is 830. The lowest BCUT2D eigenvalue weighted by Gasteiger charge is -2.31. The predicted octanol–water partition coefficient (Wildman–Crippen LogP) is 3.03. The fourth-order valence-electron chi connectivity index (χ4n) is 2.69. The van der Waals surface area contributed by atoms with Crippen LogP contribution in [-0.4, -0.2) is 22.8 Å². The average molecular weight is 338 g/mol. The van der Waals surface area contributed by atoms with Crippen LogP contribution < -0.4 is 4.74 Å². The third kappa shape index (κ3) is 3.24. The van der Waals surface area contributed by atoms with Gasteiger partial charge in [-0.05, 0) is 36.4 Å². The van der Waals surface area contributed by atoms with Crippen molar-refractivity contribution in [3.05, 3.63) is 65.7 Å². The molecule has 1 unspecified atom stereocenters. The molecule has 25 heavy (non-hydrogen) atoms. The normalized spacial score (nSPS) is 19.2. The number of rotatable bonds is 3. The van der Waals surface area contributed by atoms with E-state index in [9.17, 15) is 9.59 Å². The van der Waals surface area contributed by atoms with Crippen molar-refractivity contribution in [1.29, 1.82) is 0 Å². The summed E-state index contributed by atoms with van der Waals surface area (Å²) >= 11 is 0. The first-order valence-corrected chi connectivity index (χ1v) is 7.83. The van der Waals surface area contributed by atoms with E-state index in [0.29, 0.717) is 17.2 Å². The molecular formula is C19H18N2O4. The highest BCUT2D eigenvalue weighted by molar-refractivity contribution is 5.96. The van der Waals surface area contributed by atoms with Crippen molar-refractivity contribution >= 4 is 17.8 Å². The van der Waals surface area contributed by atoms with Gasteiger partial charge in [0.15, 0.2) is 0 Å². The fourth-order valence-corrected chi connectivity index (χ4v) is 2.69. The van der Waals surface area contributed by atoms with Crippen molar-refractivity contribution < 1.29 is 19.1 Å². The minimum Gasteiger partial charge on any atom is -0.443 e. The van der Waals surface area contributed by atoms with Crippen LogP contribution in [0.1, 0.15) is 31.9 Å². The second-order valence-corrected chi connectivity index (χ2v) is 5.80. The lowest BCUT2D eigenvalue weighted by atomic mass is 10.0. The van der Waals surface area contributed by atoms with Gasteiger partial charge in [0.2, 0.25) is 17.5 Å². The van der Waals surface area contributed by atoms with E-state index in [2.05, 4.69) is 5.10 Å². The van der Waals surface area contributed by atoms with Crippen LogP contribution in [0.15, 0.2) is 59.7 Å². The molecule has 1 aliphatic rings. The molecule has 0 saturated carbocycles. The number of ether oxygens (including phenoxy) is 2. The topological polar surface area (TPSA) is 68.2 Å². The lowest BCUT2D eigenvalue weighted by Crippen LogP contribution is -2.41. The summed E-state index contributed by atoms with van der Waals surface area (Å²) in [7, 11) is 0. The number of esters is 1. The summed E-state index contributed by atoms with van der Waals surface area (Å²) in [6, 6.07) is 16.2. The molecule has 1 aliphatic heterocycles. The molecule has 0 aromatic heterocycles. The van der Waals surface area contributed by atoms with Gasteiger partial charge in [0, 0.05) is 31.9 Å². The Kier molecular flexibility index (Phi) is 4.27. The van der Waals surface area contributed by atoms with Gasteiger partial charge >= 0.3 is 5.97 Å². The maximum atomic E-state index is 12.1. The van der Waals surface area contributed by atoms with Crippen LogP contribution in [0.5, 0.6) is 5.75 Å². The van der Waals surface area contributed by atoms with E-state index < -0.39 is 11.7 Å². The molecule has 0 fully saturated rings. The standard InChI is InChI=1S/C19H18N2O4/c1-13(22)21-19(3,16-9-11-17(12-10-16)24-14(2)23)25-18(20-21)15-7-5-4-6-8-15/h4-12H,1-3H3. The van der Waals surface area contributed by atoms with Crippen LogP contribution in [0.25, 0.3) is 0 Å². The smallest absolute Gasteiger partial charge is 0.308 e. The highest BCUT2D eigenvalue weighted by Gasteiger charge is 2.44. The first-order chi connectivity index (χ1) is 11.9. The summed E-state index contributed by atoms with van der Waals surface area (Å²) in [5, 5.41) is 5.67. The first kappa shape index (κ1) is 16.7. The summed E-state index contributed by atoms with van der Waals surface area (Å²) in [6.45, 7) is 4.55. The number of amides is 1. The van der Waals surface area contributed by atoms with Crippen molar-refractivity contribution in [3.63, 3.8) is 0 Å². The summed E-state index contributed by atoms with van der Waals surface area (Å²) in [5.74, 6) is 0.174. The number of nitrogens with zero attached hydrogens (tertiary/aromatic N) is 2. The molecular weight excluding hydrogens is 320 g/mol. The Balaban J connectivity index is 1.94. The molecule has 0 N–H and O–H groups in total. The van der Waals surface area contributed by atoms with Gasteiger partial charge in [0.1, 0.15) is 5.75 Å². The van der Waals surface area contributed by atoms with E-state index in [-0.39, 0.29) is 5.91 Å². The Morgan fingerprint density at radius 1 is 1.04 bits per heavy atom. The van der Waals surface area contributed by atoms with E-state index >= 15 is 0 Å². The third-order valence-corrected chi connectivity index (χ3v) is 3.86. The molecule has 3 rings (SSSR count). The molecule has 0 spiro atoms. The number of hydrazone groups is 1. The fraction of sp³-hybridized carbons (Fsp3) is 0.211. The number of hydrogen-bond acceptors (Lipinski definition) is 5. The van der Waals surface area contributed by atoms with Crippen LogP contribution in [0.2, 0.25) is 0 Å². The van der Waals surface area contributed by atoms with Crippen LogP contribution >= 0.6 is 0 Å². The van der Waals surface area contributed by atoms with Gasteiger partial charge in [-0.15, -0.1) is 5.10 Å². The Hall–Kier alpha value is -3.15. The number of carbonyl (C=O) groups excluding carboxylic acids is 2. The summed E-state index contributed by atoms with van der Waals surface area (Å²) in [4.78, 5) is 23.1. The van der Waals surface area contributed by atoms with E-state index in [0.717, 1.165) is 5.56 Å². The molecule has 0 aliphatic carbocycles. The maximum absolute atomic E-state index is 12.1. The molecule has 0 radical (unpaired) electrons. The van der Waals surface area contributed by atoms with Crippen LogP contribution in [-0.2, 0) is 20.1 Å². The van der Waals surface area contributed by atoms with Gasteiger partial charge in [0.05, 0.1) is 0 Å². The average Bonchev–Trinajstić information content (AvgIpc) is 2.95. The van der Waals surface area contributed by atoms with Crippen molar-refractivity contribution in [2.45, 2.75) is 26.5 Å². The molecule has 0 saturated heterocycles. The molecule has 1 amide bonds. The molecule has 0 bridgehead atoms. The number of benzene rings is 2. The van der Waals surface area contributed by atoms with Gasteiger partial charge in [-0.25, -0.2) is 0 Å². The summed E-state index contributed by atoms with van der Waals surface area (Å²) in [5.41, 5.74) is 0.425. The zero-order valence-electron chi connectivity index (χ0n) is 14.2. The highest BCUT2D eigenvalue weighted by atomic mass is 16.6. The van der Waals surface area contributed by atoms with E-state index in [1.165, 1.54) is 18.9 Å². The monoisotopic (exact) mass is 338 g/mol. The Morgan fingerprint density at radius 2 is 1.68 bits per heavy atom. The zero-order valence-corrected chi connectivity index (χ0v) is 14.2. The van der Waals surface area contributed by atoms with Crippen LogP contribution in [0.4, 0.5) is 0 Å². The van der Waals surface area contributed by atoms with Crippen molar-refractivity contribution in [3.8, 4) is 5.75 Å². The SMILES string of the molecule is CC(=O)Oc1ccc(C2(C)OC(c3ccccc3)=NN2C(C)=O)cc1. The van der Waals surface area contributed by atoms with Gasteiger partial charge < -0.3 is 9.47 Å². The molecule has 1 heterocycles. The first-order valence-electron chi connectivity index (χ1n) is 7.83. The largest absolute Gasteiger partial charge is 0.443 e. The quantitative estimate of drug-likeness (QED) is 0.637. The predicted molar refractivity (Wildman–Crippen MR) is 91.7 cm³/mol. The lowest BCUT2D eigenvalue weighted by molar-refractivity contribution is -0.146. The summed E-state index contributed by atoms with van der Waals surface area (Å²) in [6.07, 6.45) is 0. The maximum Gasteiger partial charge on any atom is 0.308 e. The zero-order chi connectivity index (χ0) is 18.0. The van der Waals surface area contributed by atoms with E-state index in [1.807, 2.05) is 30.3 Å². The number of carbonyl (C=O) groups is 2. The van der Waals surface area contributed by atoms with E-state index in [1.54, 1.807) is 31.2 Å². The Morgan fingerprint density at radius 3 is 2.24 bits per heavy atom. The second kappa shape index (κ2) is 6.39. The minimum atomic E-state index is -1.08. The molecule has 128 valence electrons. The van der Waals surface area contributed by atoms with Crippen LogP contribution in [0.3, 0.4) is 0 Å². The van der Waals surface area contributed by atoms with Gasteiger partial charge in [-0.3, -0.25) is 9.59 Å².